The molecule has 2 aromatic rings. The van der Waals surface area contributed by atoms with Gasteiger partial charge in [-0.05, 0) is 23.8 Å². The average Bonchev–Trinajstić information content (AvgIpc) is 2.45. The van der Waals surface area contributed by atoms with E-state index in [0.717, 1.165) is 0 Å². The van der Waals surface area contributed by atoms with Crippen molar-refractivity contribution in [1.29, 1.82) is 0 Å². The van der Waals surface area contributed by atoms with Crippen LogP contribution in [0.3, 0.4) is 0 Å². The molecule has 1 atom stereocenters. The number of aliphatic carboxylic acids is 1. The first-order chi connectivity index (χ1) is 10.1. The van der Waals surface area contributed by atoms with Crippen molar-refractivity contribution in [2.24, 2.45) is 0 Å². The molecule has 0 saturated heterocycles. The number of amides is 1. The van der Waals surface area contributed by atoms with Gasteiger partial charge >= 0.3 is 5.97 Å². The second-order valence-electron chi connectivity index (χ2n) is 4.59. The third-order valence-corrected chi connectivity index (χ3v) is 2.87. The summed E-state index contributed by atoms with van der Waals surface area (Å²) in [5.41, 5.74) is 1.90. The smallest absolute Gasteiger partial charge is 0.330 e. The van der Waals surface area contributed by atoms with E-state index < -0.39 is 12.0 Å². The summed E-state index contributed by atoms with van der Waals surface area (Å²) >= 11 is 0. The van der Waals surface area contributed by atoms with Gasteiger partial charge in [0.25, 0.3) is 0 Å². The van der Waals surface area contributed by atoms with E-state index in [0.29, 0.717) is 16.9 Å². The largest absolute Gasteiger partial charge is 0.479 e. The van der Waals surface area contributed by atoms with Crippen molar-refractivity contribution in [3.8, 4) is 0 Å². The van der Waals surface area contributed by atoms with Gasteiger partial charge in [0, 0.05) is 18.3 Å². The van der Waals surface area contributed by atoms with Crippen LogP contribution in [0.4, 0.5) is 11.4 Å². The zero-order chi connectivity index (χ0) is 15.2. The minimum Gasteiger partial charge on any atom is -0.479 e. The van der Waals surface area contributed by atoms with Crippen LogP contribution >= 0.6 is 0 Å². The molecule has 0 fully saturated rings. The number of benzene rings is 2. The average molecular weight is 284 g/mol. The third-order valence-electron chi connectivity index (χ3n) is 2.87. The number of rotatable bonds is 5. The van der Waals surface area contributed by atoms with E-state index >= 15 is 0 Å². The van der Waals surface area contributed by atoms with Gasteiger partial charge in [-0.1, -0.05) is 36.4 Å². The Morgan fingerprint density at radius 2 is 1.67 bits per heavy atom. The zero-order valence-corrected chi connectivity index (χ0v) is 11.5. The lowest BCUT2D eigenvalue weighted by molar-refractivity contribution is -0.138. The summed E-state index contributed by atoms with van der Waals surface area (Å²) < 4.78 is 0. The van der Waals surface area contributed by atoms with E-state index in [1.807, 2.05) is 6.07 Å². The lowest BCUT2D eigenvalue weighted by Gasteiger charge is -2.16. The molecule has 1 amide bonds. The van der Waals surface area contributed by atoms with E-state index in [9.17, 15) is 14.7 Å². The summed E-state index contributed by atoms with van der Waals surface area (Å²) in [6.45, 7) is 1.42. The number of nitrogens with one attached hydrogen (secondary N) is 2. The molecular formula is C16H16N2O3. The Morgan fingerprint density at radius 3 is 2.29 bits per heavy atom. The third kappa shape index (κ3) is 4.07. The Morgan fingerprint density at radius 1 is 1.00 bits per heavy atom. The van der Waals surface area contributed by atoms with E-state index in [4.69, 9.17) is 0 Å². The van der Waals surface area contributed by atoms with Crippen LogP contribution in [-0.4, -0.2) is 17.0 Å². The summed E-state index contributed by atoms with van der Waals surface area (Å²) in [7, 11) is 0. The molecule has 0 bridgehead atoms. The monoisotopic (exact) mass is 284 g/mol. The number of carboxylic acids is 1. The van der Waals surface area contributed by atoms with Gasteiger partial charge in [0.05, 0.1) is 0 Å². The normalized spacial score (nSPS) is 11.5. The van der Waals surface area contributed by atoms with Crippen molar-refractivity contribution in [3.63, 3.8) is 0 Å². The molecule has 0 heterocycles. The van der Waals surface area contributed by atoms with Crippen LogP contribution in [0, 0.1) is 0 Å². The summed E-state index contributed by atoms with van der Waals surface area (Å²) in [5, 5.41) is 15.0. The summed E-state index contributed by atoms with van der Waals surface area (Å²) in [5.74, 6) is -1.14. The number of hydrogen-bond donors (Lipinski definition) is 3. The number of anilines is 2. The Labute approximate surface area is 122 Å². The highest BCUT2D eigenvalue weighted by molar-refractivity contribution is 5.89. The second kappa shape index (κ2) is 6.56. The summed E-state index contributed by atoms with van der Waals surface area (Å²) in [6, 6.07) is 15.0. The van der Waals surface area contributed by atoms with Crippen LogP contribution in [0.1, 0.15) is 18.5 Å². The lowest BCUT2D eigenvalue weighted by Crippen LogP contribution is -2.20. The number of carbonyl (C=O) groups is 2. The van der Waals surface area contributed by atoms with E-state index in [1.54, 1.807) is 48.5 Å². The molecule has 0 unspecified atom stereocenters. The molecule has 5 nitrogen and oxygen atoms in total. The molecule has 0 aliphatic heterocycles. The van der Waals surface area contributed by atoms with Gasteiger partial charge in [-0.3, -0.25) is 4.79 Å². The van der Waals surface area contributed by atoms with Crippen molar-refractivity contribution in [2.75, 3.05) is 10.6 Å². The Hall–Kier alpha value is -2.82. The molecule has 0 spiro atoms. The Balaban J connectivity index is 2.22. The molecule has 21 heavy (non-hydrogen) atoms. The van der Waals surface area contributed by atoms with Crippen LogP contribution in [-0.2, 0) is 9.59 Å². The topological polar surface area (TPSA) is 78.4 Å². The quantitative estimate of drug-likeness (QED) is 0.789. The first-order valence-corrected chi connectivity index (χ1v) is 6.48. The van der Waals surface area contributed by atoms with Crippen LogP contribution < -0.4 is 10.6 Å². The van der Waals surface area contributed by atoms with Gasteiger partial charge < -0.3 is 15.7 Å². The van der Waals surface area contributed by atoms with Gasteiger partial charge in [-0.25, -0.2) is 4.79 Å². The van der Waals surface area contributed by atoms with Gasteiger partial charge in [-0.15, -0.1) is 0 Å². The first-order valence-electron chi connectivity index (χ1n) is 6.48. The SMILES string of the molecule is CC(=O)Nc1cccc(N[C@@H](C(=O)O)c2ccccc2)c1. The van der Waals surface area contributed by atoms with Crippen LogP contribution in [0.2, 0.25) is 0 Å². The number of carbonyl (C=O) groups excluding carboxylic acids is 1. The van der Waals surface area contributed by atoms with Crippen molar-refractivity contribution in [1.82, 2.24) is 0 Å². The standard InChI is InChI=1S/C16H16N2O3/c1-11(19)17-13-8-5-9-14(10-13)18-15(16(20)21)12-6-3-2-4-7-12/h2-10,15,18H,1H3,(H,17,19)(H,20,21)/t15-/m1/s1. The molecular weight excluding hydrogens is 268 g/mol. The summed E-state index contributed by atoms with van der Waals surface area (Å²) in [6.07, 6.45) is 0. The van der Waals surface area contributed by atoms with E-state index in [2.05, 4.69) is 10.6 Å². The molecule has 3 N–H and O–H groups in total. The molecule has 0 radical (unpaired) electrons. The molecule has 5 heteroatoms. The van der Waals surface area contributed by atoms with E-state index in [-0.39, 0.29) is 5.91 Å². The fourth-order valence-electron chi connectivity index (χ4n) is 1.99. The lowest BCUT2D eigenvalue weighted by atomic mass is 10.1. The van der Waals surface area contributed by atoms with Crippen molar-refractivity contribution in [2.45, 2.75) is 13.0 Å². The maximum atomic E-state index is 11.4. The minimum absolute atomic E-state index is 0.176. The Kier molecular flexibility index (Phi) is 4.56. The molecule has 2 aromatic carbocycles. The fraction of sp³-hybridized carbons (Fsp3) is 0.125. The maximum Gasteiger partial charge on any atom is 0.330 e. The van der Waals surface area contributed by atoms with Gasteiger partial charge in [0.2, 0.25) is 5.91 Å². The Bertz CT molecular complexity index is 641. The van der Waals surface area contributed by atoms with Crippen molar-refractivity contribution in [3.05, 3.63) is 60.2 Å². The predicted octanol–water partition coefficient (Wildman–Crippen LogP) is 2.88. The molecule has 108 valence electrons. The van der Waals surface area contributed by atoms with Gasteiger partial charge in [-0.2, -0.15) is 0 Å². The predicted molar refractivity (Wildman–Crippen MR) is 81.2 cm³/mol. The van der Waals surface area contributed by atoms with Crippen LogP contribution in [0.25, 0.3) is 0 Å². The second-order valence-corrected chi connectivity index (χ2v) is 4.59. The maximum absolute atomic E-state index is 11.4. The number of carboxylic acid groups (broad SMARTS) is 1. The zero-order valence-electron chi connectivity index (χ0n) is 11.5. The molecule has 0 aliphatic rings. The van der Waals surface area contributed by atoms with Crippen molar-refractivity contribution < 1.29 is 14.7 Å². The van der Waals surface area contributed by atoms with Gasteiger partial charge in [0.15, 0.2) is 6.04 Å². The molecule has 2 rings (SSSR count). The van der Waals surface area contributed by atoms with Crippen LogP contribution in [0.5, 0.6) is 0 Å². The number of hydrogen-bond acceptors (Lipinski definition) is 3. The molecule has 0 aromatic heterocycles. The molecule has 0 aliphatic carbocycles. The van der Waals surface area contributed by atoms with Crippen molar-refractivity contribution >= 4 is 23.3 Å². The summed E-state index contributed by atoms with van der Waals surface area (Å²) in [4.78, 5) is 22.5. The highest BCUT2D eigenvalue weighted by atomic mass is 16.4. The fourth-order valence-corrected chi connectivity index (χ4v) is 1.99. The molecule has 0 saturated carbocycles. The highest BCUT2D eigenvalue weighted by Crippen LogP contribution is 2.22. The van der Waals surface area contributed by atoms with E-state index in [1.165, 1.54) is 6.92 Å². The highest BCUT2D eigenvalue weighted by Gasteiger charge is 2.19. The minimum atomic E-state index is -0.967. The first kappa shape index (κ1) is 14.6. The van der Waals surface area contributed by atoms with Crippen LogP contribution in [0.15, 0.2) is 54.6 Å². The van der Waals surface area contributed by atoms with Gasteiger partial charge in [0.1, 0.15) is 0 Å².